The first kappa shape index (κ1) is 13.3. The smallest absolute Gasteiger partial charge is 0.0437 e. The molecule has 0 radical (unpaired) electrons. The van der Waals surface area contributed by atoms with Gasteiger partial charge in [0.2, 0.25) is 0 Å². The van der Waals surface area contributed by atoms with Crippen LogP contribution in [0.3, 0.4) is 0 Å². The lowest BCUT2D eigenvalue weighted by Gasteiger charge is -1.92. The number of nitrogens with two attached hydrogens (primary N) is 1. The summed E-state index contributed by atoms with van der Waals surface area (Å²) in [6.07, 6.45) is 6.69. The number of aromatic amines is 1. The predicted molar refractivity (Wildman–Crippen MR) is 75.4 cm³/mol. The fourth-order valence-electron chi connectivity index (χ4n) is 1.84. The highest BCUT2D eigenvalue weighted by Crippen LogP contribution is 1.97. The fraction of sp³-hybridized carbons (Fsp3) is 0.357. The molecule has 0 amide bonds. The summed E-state index contributed by atoms with van der Waals surface area (Å²) in [5.74, 6) is 0. The molecule has 92 valence electrons. The van der Waals surface area contributed by atoms with Crippen molar-refractivity contribution in [3.8, 4) is 0 Å². The van der Waals surface area contributed by atoms with Crippen LogP contribution in [0.2, 0.25) is 0 Å². The Morgan fingerprint density at radius 3 is 2.65 bits per heavy atom. The van der Waals surface area contributed by atoms with Crippen LogP contribution in [0.1, 0.15) is 25.0 Å². The minimum Gasteiger partial charge on any atom is -0.399 e. The van der Waals surface area contributed by atoms with Gasteiger partial charge in [0.1, 0.15) is 0 Å². The third kappa shape index (κ3) is 3.34. The number of allylic oxidation sites excluding steroid dienone is 1. The number of nitrogens with one attached hydrogen (secondary N) is 1. The molecule has 1 aromatic rings. The second kappa shape index (κ2) is 6.09. The second-order valence-corrected chi connectivity index (χ2v) is 3.94. The third-order valence-electron chi connectivity index (χ3n) is 2.66. The van der Waals surface area contributed by atoms with Crippen LogP contribution in [0.25, 0.3) is 12.2 Å². The molecule has 0 aromatic carbocycles. The summed E-state index contributed by atoms with van der Waals surface area (Å²) in [7, 11) is 0. The summed E-state index contributed by atoms with van der Waals surface area (Å²) < 4.78 is 0. The van der Waals surface area contributed by atoms with E-state index in [1.807, 2.05) is 25.3 Å². The summed E-state index contributed by atoms with van der Waals surface area (Å²) in [6.45, 7) is 10.8. The van der Waals surface area contributed by atoms with Crippen molar-refractivity contribution in [3.63, 3.8) is 0 Å². The van der Waals surface area contributed by atoms with Crippen LogP contribution < -0.4 is 16.4 Å². The van der Waals surface area contributed by atoms with Gasteiger partial charge >= 0.3 is 0 Å². The van der Waals surface area contributed by atoms with Crippen molar-refractivity contribution in [2.45, 2.75) is 27.2 Å². The highest BCUT2D eigenvalue weighted by molar-refractivity contribution is 5.90. The molecule has 0 spiro atoms. The number of rotatable bonds is 4. The summed E-state index contributed by atoms with van der Waals surface area (Å²) in [5.41, 5.74) is 8.71. The van der Waals surface area contributed by atoms with Crippen molar-refractivity contribution < 1.29 is 0 Å². The topological polar surface area (TPSA) is 54.2 Å². The van der Waals surface area contributed by atoms with Crippen molar-refractivity contribution in [2.75, 3.05) is 6.54 Å². The molecule has 1 heterocycles. The van der Waals surface area contributed by atoms with E-state index in [4.69, 9.17) is 5.73 Å². The molecule has 0 aliphatic heterocycles. The summed E-state index contributed by atoms with van der Waals surface area (Å²) in [5, 5.41) is 2.14. The summed E-state index contributed by atoms with van der Waals surface area (Å²) >= 11 is 0. The fourth-order valence-corrected chi connectivity index (χ4v) is 1.84. The molecular formula is C14H21N3. The Balaban J connectivity index is 3.38. The van der Waals surface area contributed by atoms with Crippen LogP contribution >= 0.6 is 0 Å². The van der Waals surface area contributed by atoms with Crippen molar-refractivity contribution in [3.05, 3.63) is 34.1 Å². The van der Waals surface area contributed by atoms with Crippen molar-refractivity contribution in [2.24, 2.45) is 10.7 Å². The second-order valence-electron chi connectivity index (χ2n) is 3.94. The van der Waals surface area contributed by atoms with Gasteiger partial charge in [-0.1, -0.05) is 13.5 Å². The van der Waals surface area contributed by atoms with Gasteiger partial charge in [-0.2, -0.15) is 0 Å². The van der Waals surface area contributed by atoms with Crippen LogP contribution in [-0.2, 0) is 6.42 Å². The molecule has 3 nitrogen and oxygen atoms in total. The van der Waals surface area contributed by atoms with Crippen LogP contribution in [-0.4, -0.2) is 17.7 Å². The summed E-state index contributed by atoms with van der Waals surface area (Å²) in [4.78, 5) is 7.54. The largest absolute Gasteiger partial charge is 0.399 e. The maximum absolute atomic E-state index is 5.61. The Hall–Kier alpha value is -1.77. The highest BCUT2D eigenvalue weighted by Gasteiger charge is 2.02. The molecule has 0 atom stereocenters. The molecule has 0 bridgehead atoms. The van der Waals surface area contributed by atoms with E-state index in [0.717, 1.165) is 23.7 Å². The van der Waals surface area contributed by atoms with Gasteiger partial charge in [-0.25, -0.2) is 0 Å². The number of aliphatic imine (C=N–C) groups is 1. The number of nitrogens with zero attached hydrogens (tertiary/aromatic N) is 1. The molecule has 0 saturated heterocycles. The lowest BCUT2D eigenvalue weighted by molar-refractivity contribution is 1.10. The van der Waals surface area contributed by atoms with Crippen LogP contribution in [0.4, 0.5) is 0 Å². The maximum atomic E-state index is 5.61. The zero-order chi connectivity index (χ0) is 12.8. The van der Waals surface area contributed by atoms with E-state index in [1.54, 1.807) is 0 Å². The third-order valence-corrected chi connectivity index (χ3v) is 2.66. The first-order valence-electron chi connectivity index (χ1n) is 5.93. The maximum Gasteiger partial charge on any atom is 0.0437 e. The normalized spacial score (nSPS) is 13.8. The molecule has 0 unspecified atom stereocenters. The predicted octanol–water partition coefficient (Wildman–Crippen LogP) is 1.01. The summed E-state index contributed by atoms with van der Waals surface area (Å²) in [6, 6.07) is 0. The van der Waals surface area contributed by atoms with E-state index < -0.39 is 0 Å². The van der Waals surface area contributed by atoms with Crippen LogP contribution in [0.5, 0.6) is 0 Å². The van der Waals surface area contributed by atoms with Gasteiger partial charge in [0.15, 0.2) is 0 Å². The van der Waals surface area contributed by atoms with Crippen molar-refractivity contribution in [1.82, 2.24) is 4.98 Å². The Labute approximate surface area is 102 Å². The zero-order valence-corrected chi connectivity index (χ0v) is 10.9. The molecule has 0 aliphatic carbocycles. The van der Waals surface area contributed by atoms with Crippen molar-refractivity contribution in [1.29, 1.82) is 0 Å². The van der Waals surface area contributed by atoms with E-state index in [9.17, 15) is 0 Å². The number of H-pyrrole nitrogens is 1. The van der Waals surface area contributed by atoms with E-state index >= 15 is 0 Å². The van der Waals surface area contributed by atoms with E-state index in [2.05, 4.69) is 30.4 Å². The van der Waals surface area contributed by atoms with Gasteiger partial charge in [-0.05, 0) is 43.5 Å². The van der Waals surface area contributed by atoms with Crippen LogP contribution in [0.15, 0.2) is 17.3 Å². The Bertz CT molecular complexity index is 533. The molecule has 3 heteroatoms. The Morgan fingerprint density at radius 2 is 2.12 bits per heavy atom. The number of hydrogen-bond donors (Lipinski definition) is 2. The van der Waals surface area contributed by atoms with Gasteiger partial charge in [-0.3, -0.25) is 4.99 Å². The first-order valence-corrected chi connectivity index (χ1v) is 5.93. The molecule has 0 saturated carbocycles. The van der Waals surface area contributed by atoms with Gasteiger partial charge < -0.3 is 10.7 Å². The highest BCUT2D eigenvalue weighted by atomic mass is 14.7. The Morgan fingerprint density at radius 1 is 1.41 bits per heavy atom. The van der Waals surface area contributed by atoms with Gasteiger partial charge in [0.05, 0.1) is 0 Å². The lowest BCUT2D eigenvalue weighted by atomic mass is 10.1. The Kier molecular flexibility index (Phi) is 4.76. The molecule has 1 rings (SSSR count). The number of aromatic nitrogens is 1. The minimum atomic E-state index is 0.561. The first-order chi connectivity index (χ1) is 8.10. The van der Waals surface area contributed by atoms with Crippen molar-refractivity contribution >= 4 is 18.4 Å². The molecule has 1 aromatic heterocycles. The lowest BCUT2D eigenvalue weighted by Crippen LogP contribution is -2.13. The van der Waals surface area contributed by atoms with Gasteiger partial charge in [0.25, 0.3) is 0 Å². The van der Waals surface area contributed by atoms with E-state index in [-0.39, 0.29) is 0 Å². The molecule has 0 aliphatic rings. The van der Waals surface area contributed by atoms with E-state index in [0.29, 0.717) is 5.70 Å². The standard InChI is InChI=1S/C14H21N3/c1-5-12-11(4)14(9-10(3)15)17-13(12)7-8-16-6-2/h7-9,17H,3,5-6,15H2,1-2,4H3/b13-7?,14-9-,16-8?. The van der Waals surface area contributed by atoms with Gasteiger partial charge in [0, 0.05) is 29.2 Å². The van der Waals surface area contributed by atoms with Crippen LogP contribution in [0, 0.1) is 6.92 Å². The quantitative estimate of drug-likeness (QED) is 0.747. The average Bonchev–Trinajstić information content (AvgIpc) is 2.55. The number of hydrogen-bond acceptors (Lipinski definition) is 2. The van der Waals surface area contributed by atoms with Gasteiger partial charge in [-0.15, -0.1) is 0 Å². The SMILES string of the molecule is C=C(N)/C=c1\[nH]c(=CC=NCC)c(CC)c1C. The molecule has 17 heavy (non-hydrogen) atoms. The van der Waals surface area contributed by atoms with E-state index in [1.165, 1.54) is 11.1 Å². The molecule has 0 fully saturated rings. The zero-order valence-electron chi connectivity index (χ0n) is 10.9. The average molecular weight is 231 g/mol. The molecule has 3 N–H and O–H groups in total. The monoisotopic (exact) mass is 231 g/mol. The minimum absolute atomic E-state index is 0.561. The molecular weight excluding hydrogens is 210 g/mol.